The van der Waals surface area contributed by atoms with Gasteiger partial charge in [-0.2, -0.15) is 0 Å². The van der Waals surface area contributed by atoms with Gasteiger partial charge in [-0.25, -0.2) is 0 Å². The molecule has 3 nitrogen and oxygen atoms in total. The van der Waals surface area contributed by atoms with Gasteiger partial charge in [0.1, 0.15) is 5.76 Å². The first kappa shape index (κ1) is 8.27. The molecule has 0 saturated heterocycles. The molecular weight excluding hydrogens is 140 g/mol. The Balaban J connectivity index is 2.39. The van der Waals surface area contributed by atoms with E-state index in [4.69, 9.17) is 4.52 Å². The predicted octanol–water partition coefficient (Wildman–Crippen LogP) is 1.48. The highest BCUT2D eigenvalue weighted by Crippen LogP contribution is 2.00. The van der Waals surface area contributed by atoms with E-state index in [-0.39, 0.29) is 0 Å². The van der Waals surface area contributed by atoms with Crippen LogP contribution < -0.4 is 5.32 Å². The monoisotopic (exact) mass is 154 g/mol. The lowest BCUT2D eigenvalue weighted by Crippen LogP contribution is -2.21. The SMILES string of the molecule is Cc1cc(CNC(C)C)no1. The van der Waals surface area contributed by atoms with Gasteiger partial charge < -0.3 is 9.84 Å². The van der Waals surface area contributed by atoms with Crippen molar-refractivity contribution >= 4 is 0 Å². The Kier molecular flexibility index (Phi) is 2.65. The Morgan fingerprint density at radius 2 is 2.36 bits per heavy atom. The summed E-state index contributed by atoms with van der Waals surface area (Å²) in [7, 11) is 0. The molecular formula is C8H14N2O. The molecule has 3 heteroatoms. The minimum Gasteiger partial charge on any atom is -0.361 e. The summed E-state index contributed by atoms with van der Waals surface area (Å²) < 4.78 is 4.91. The van der Waals surface area contributed by atoms with Crippen molar-refractivity contribution < 1.29 is 4.52 Å². The van der Waals surface area contributed by atoms with Crippen LogP contribution in [0.4, 0.5) is 0 Å². The molecule has 0 aliphatic rings. The first-order valence-electron chi connectivity index (χ1n) is 3.84. The molecule has 1 heterocycles. The number of hydrogen-bond donors (Lipinski definition) is 1. The second-order valence-electron chi connectivity index (χ2n) is 2.96. The Hall–Kier alpha value is -0.830. The predicted molar refractivity (Wildman–Crippen MR) is 43.2 cm³/mol. The van der Waals surface area contributed by atoms with E-state index >= 15 is 0 Å². The zero-order valence-electron chi connectivity index (χ0n) is 7.22. The first-order valence-corrected chi connectivity index (χ1v) is 3.84. The quantitative estimate of drug-likeness (QED) is 0.716. The van der Waals surface area contributed by atoms with Gasteiger partial charge in [0, 0.05) is 18.7 Å². The van der Waals surface area contributed by atoms with E-state index in [2.05, 4.69) is 24.3 Å². The van der Waals surface area contributed by atoms with Crippen LogP contribution in [0.15, 0.2) is 10.6 Å². The van der Waals surface area contributed by atoms with E-state index < -0.39 is 0 Å². The van der Waals surface area contributed by atoms with E-state index in [1.54, 1.807) is 0 Å². The van der Waals surface area contributed by atoms with Crippen molar-refractivity contribution in [3.05, 3.63) is 17.5 Å². The summed E-state index contributed by atoms with van der Waals surface area (Å²) in [6.07, 6.45) is 0. The van der Waals surface area contributed by atoms with Crippen LogP contribution in [0.3, 0.4) is 0 Å². The van der Waals surface area contributed by atoms with Crippen LogP contribution in [-0.2, 0) is 6.54 Å². The fourth-order valence-corrected chi connectivity index (χ4v) is 0.810. The van der Waals surface area contributed by atoms with E-state index in [1.165, 1.54) is 0 Å². The lowest BCUT2D eigenvalue weighted by Gasteiger charge is -2.03. The first-order chi connectivity index (χ1) is 5.18. The molecule has 62 valence electrons. The number of rotatable bonds is 3. The Labute approximate surface area is 66.8 Å². The maximum absolute atomic E-state index is 4.91. The van der Waals surface area contributed by atoms with Crippen molar-refractivity contribution in [2.45, 2.75) is 33.4 Å². The number of aryl methyl sites for hydroxylation is 1. The third kappa shape index (κ3) is 2.72. The van der Waals surface area contributed by atoms with Gasteiger partial charge in [0.25, 0.3) is 0 Å². The zero-order valence-corrected chi connectivity index (χ0v) is 7.22. The molecule has 0 radical (unpaired) electrons. The van der Waals surface area contributed by atoms with Gasteiger partial charge in [0.05, 0.1) is 5.69 Å². The number of aromatic nitrogens is 1. The van der Waals surface area contributed by atoms with Crippen LogP contribution in [0.25, 0.3) is 0 Å². The van der Waals surface area contributed by atoms with Crippen molar-refractivity contribution in [1.82, 2.24) is 10.5 Å². The van der Waals surface area contributed by atoms with Crippen LogP contribution in [0.5, 0.6) is 0 Å². The van der Waals surface area contributed by atoms with Gasteiger partial charge in [-0.1, -0.05) is 19.0 Å². The normalized spacial score (nSPS) is 10.9. The second-order valence-corrected chi connectivity index (χ2v) is 2.96. The number of nitrogens with zero attached hydrogens (tertiary/aromatic N) is 1. The van der Waals surface area contributed by atoms with Gasteiger partial charge in [0.2, 0.25) is 0 Å². The molecule has 1 rings (SSSR count). The molecule has 0 saturated carbocycles. The fourth-order valence-electron chi connectivity index (χ4n) is 0.810. The van der Waals surface area contributed by atoms with Crippen molar-refractivity contribution in [3.63, 3.8) is 0 Å². The molecule has 0 fully saturated rings. The smallest absolute Gasteiger partial charge is 0.133 e. The molecule has 0 aliphatic heterocycles. The van der Waals surface area contributed by atoms with Crippen LogP contribution >= 0.6 is 0 Å². The van der Waals surface area contributed by atoms with Gasteiger partial charge in [-0.3, -0.25) is 0 Å². The highest BCUT2D eigenvalue weighted by atomic mass is 16.5. The molecule has 0 spiro atoms. The second kappa shape index (κ2) is 3.53. The molecule has 0 aromatic carbocycles. The summed E-state index contributed by atoms with van der Waals surface area (Å²) in [4.78, 5) is 0. The molecule has 0 amide bonds. The third-order valence-corrected chi connectivity index (χ3v) is 1.37. The molecule has 1 aromatic heterocycles. The maximum Gasteiger partial charge on any atom is 0.133 e. The van der Waals surface area contributed by atoms with Gasteiger partial charge in [-0.15, -0.1) is 0 Å². The van der Waals surface area contributed by atoms with Crippen LogP contribution in [0.2, 0.25) is 0 Å². The van der Waals surface area contributed by atoms with Gasteiger partial charge in [-0.05, 0) is 6.92 Å². The lowest BCUT2D eigenvalue weighted by molar-refractivity contribution is 0.386. The molecule has 0 aliphatic carbocycles. The third-order valence-electron chi connectivity index (χ3n) is 1.37. The highest BCUT2D eigenvalue weighted by Gasteiger charge is 1.99. The minimum atomic E-state index is 0.493. The Morgan fingerprint density at radius 1 is 1.64 bits per heavy atom. The Morgan fingerprint density at radius 3 is 2.82 bits per heavy atom. The summed E-state index contributed by atoms with van der Waals surface area (Å²) in [5, 5.41) is 7.10. The summed E-state index contributed by atoms with van der Waals surface area (Å²) in [5.41, 5.74) is 0.969. The van der Waals surface area contributed by atoms with Crippen LogP contribution in [0, 0.1) is 6.92 Å². The fraction of sp³-hybridized carbons (Fsp3) is 0.625. The van der Waals surface area contributed by atoms with Crippen LogP contribution in [-0.4, -0.2) is 11.2 Å². The van der Waals surface area contributed by atoms with Crippen molar-refractivity contribution in [2.24, 2.45) is 0 Å². The largest absolute Gasteiger partial charge is 0.361 e. The van der Waals surface area contributed by atoms with Gasteiger partial charge >= 0.3 is 0 Å². The number of nitrogens with one attached hydrogen (secondary N) is 1. The van der Waals surface area contributed by atoms with E-state index in [0.29, 0.717) is 6.04 Å². The highest BCUT2D eigenvalue weighted by molar-refractivity contribution is 5.02. The van der Waals surface area contributed by atoms with Crippen molar-refractivity contribution in [1.29, 1.82) is 0 Å². The summed E-state index contributed by atoms with van der Waals surface area (Å²) in [6.45, 7) is 6.89. The number of hydrogen-bond acceptors (Lipinski definition) is 3. The average molecular weight is 154 g/mol. The topological polar surface area (TPSA) is 38.1 Å². The van der Waals surface area contributed by atoms with E-state index in [0.717, 1.165) is 18.0 Å². The molecule has 11 heavy (non-hydrogen) atoms. The van der Waals surface area contributed by atoms with E-state index in [9.17, 15) is 0 Å². The molecule has 1 aromatic rings. The van der Waals surface area contributed by atoms with E-state index in [1.807, 2.05) is 13.0 Å². The lowest BCUT2D eigenvalue weighted by atomic mass is 10.3. The molecule has 0 bridgehead atoms. The summed E-state index contributed by atoms with van der Waals surface area (Å²) in [6, 6.07) is 2.43. The Bertz CT molecular complexity index is 218. The minimum absolute atomic E-state index is 0.493. The summed E-state index contributed by atoms with van der Waals surface area (Å²) in [5.74, 6) is 0.866. The maximum atomic E-state index is 4.91. The standard InChI is InChI=1S/C8H14N2O/c1-6(2)9-5-8-4-7(3)11-10-8/h4,6,9H,5H2,1-3H3. The molecule has 1 N–H and O–H groups in total. The van der Waals surface area contributed by atoms with Crippen LogP contribution in [0.1, 0.15) is 25.3 Å². The average Bonchev–Trinajstić information content (AvgIpc) is 2.31. The van der Waals surface area contributed by atoms with Crippen molar-refractivity contribution in [2.75, 3.05) is 0 Å². The molecule has 0 unspecified atom stereocenters. The summed E-state index contributed by atoms with van der Waals surface area (Å²) >= 11 is 0. The van der Waals surface area contributed by atoms with Gasteiger partial charge in [0.15, 0.2) is 0 Å². The zero-order chi connectivity index (χ0) is 8.27. The molecule has 0 atom stereocenters. The van der Waals surface area contributed by atoms with Crippen molar-refractivity contribution in [3.8, 4) is 0 Å².